The molecule has 156 valence electrons. The first kappa shape index (κ1) is 21.0. The molecule has 0 saturated carbocycles. The van der Waals surface area contributed by atoms with Crippen LogP contribution in [0.15, 0.2) is 36.4 Å². The summed E-state index contributed by atoms with van der Waals surface area (Å²) in [7, 11) is 0. The minimum absolute atomic E-state index is 0.0384. The van der Waals surface area contributed by atoms with Gasteiger partial charge in [0.15, 0.2) is 23.6 Å². The number of amides is 3. The lowest BCUT2D eigenvalue weighted by Gasteiger charge is -2.16. The van der Waals surface area contributed by atoms with E-state index in [0.29, 0.717) is 11.8 Å². The van der Waals surface area contributed by atoms with Crippen LogP contribution in [0.2, 0.25) is 0 Å². The van der Waals surface area contributed by atoms with E-state index in [-0.39, 0.29) is 30.2 Å². The molecule has 1 unspecified atom stereocenters. The SMILES string of the molecule is CC(OC(=O)c1ccc(N2C(=O)CCC2=O)cc1)C(=O)Nc1ccc(F)c(F)c1F. The van der Waals surface area contributed by atoms with Gasteiger partial charge in [-0.25, -0.2) is 18.0 Å². The molecule has 1 aliphatic heterocycles. The number of ether oxygens (including phenoxy) is 1. The molecule has 0 aliphatic carbocycles. The van der Waals surface area contributed by atoms with Crippen LogP contribution in [0.4, 0.5) is 24.5 Å². The number of hydrogen-bond acceptors (Lipinski definition) is 5. The van der Waals surface area contributed by atoms with Gasteiger partial charge in [-0.15, -0.1) is 0 Å². The third-order valence-electron chi connectivity index (χ3n) is 4.36. The standard InChI is InChI=1S/C20H15F3N2O5/c1-10(19(28)24-14-7-6-13(21)17(22)18(14)23)30-20(29)11-2-4-12(5-3-11)25-15(26)8-9-16(25)27/h2-7,10H,8-9H2,1H3,(H,24,28). The first-order valence-electron chi connectivity index (χ1n) is 8.80. The van der Waals surface area contributed by atoms with E-state index in [0.717, 1.165) is 11.0 Å². The molecule has 0 radical (unpaired) electrons. The molecule has 1 atom stereocenters. The summed E-state index contributed by atoms with van der Waals surface area (Å²) >= 11 is 0. The molecule has 0 aromatic heterocycles. The minimum atomic E-state index is -1.74. The summed E-state index contributed by atoms with van der Waals surface area (Å²) in [5.74, 6) is -7.27. The van der Waals surface area contributed by atoms with Gasteiger partial charge in [0.05, 0.1) is 16.9 Å². The predicted molar refractivity (Wildman–Crippen MR) is 98.0 cm³/mol. The zero-order chi connectivity index (χ0) is 22.0. The quantitative estimate of drug-likeness (QED) is 0.456. The van der Waals surface area contributed by atoms with Crippen LogP contribution in [0.5, 0.6) is 0 Å². The van der Waals surface area contributed by atoms with Gasteiger partial charge in [0.2, 0.25) is 11.8 Å². The molecule has 30 heavy (non-hydrogen) atoms. The molecule has 1 aliphatic rings. The third kappa shape index (κ3) is 4.17. The molecule has 3 rings (SSSR count). The largest absolute Gasteiger partial charge is 0.449 e. The number of anilines is 2. The Balaban J connectivity index is 1.64. The Hall–Kier alpha value is -3.69. The van der Waals surface area contributed by atoms with E-state index < -0.39 is 41.1 Å². The predicted octanol–water partition coefficient (Wildman–Crippen LogP) is 2.94. The maximum Gasteiger partial charge on any atom is 0.338 e. The van der Waals surface area contributed by atoms with Gasteiger partial charge < -0.3 is 10.1 Å². The van der Waals surface area contributed by atoms with E-state index in [1.54, 1.807) is 0 Å². The highest BCUT2D eigenvalue weighted by atomic mass is 19.2. The number of benzene rings is 2. The van der Waals surface area contributed by atoms with E-state index in [1.165, 1.54) is 31.2 Å². The van der Waals surface area contributed by atoms with Crippen molar-refractivity contribution in [3.05, 3.63) is 59.4 Å². The highest BCUT2D eigenvalue weighted by Crippen LogP contribution is 2.23. The first-order chi connectivity index (χ1) is 14.2. The van der Waals surface area contributed by atoms with Crippen LogP contribution in [0.1, 0.15) is 30.1 Å². The van der Waals surface area contributed by atoms with Gasteiger partial charge in [-0.1, -0.05) is 0 Å². The van der Waals surface area contributed by atoms with Crippen molar-refractivity contribution in [3.63, 3.8) is 0 Å². The summed E-state index contributed by atoms with van der Waals surface area (Å²) < 4.78 is 44.8. The van der Waals surface area contributed by atoms with Gasteiger partial charge in [0, 0.05) is 12.8 Å². The van der Waals surface area contributed by atoms with Crippen LogP contribution in [0.3, 0.4) is 0 Å². The number of imide groups is 1. The number of carbonyl (C=O) groups is 4. The van der Waals surface area contributed by atoms with Crippen LogP contribution >= 0.6 is 0 Å². The fourth-order valence-corrected chi connectivity index (χ4v) is 2.75. The fraction of sp³-hybridized carbons (Fsp3) is 0.200. The number of nitrogens with zero attached hydrogens (tertiary/aromatic N) is 1. The van der Waals surface area contributed by atoms with Gasteiger partial charge >= 0.3 is 5.97 Å². The number of esters is 1. The zero-order valence-corrected chi connectivity index (χ0v) is 15.6. The van der Waals surface area contributed by atoms with Crippen molar-refractivity contribution in [1.82, 2.24) is 0 Å². The third-order valence-corrected chi connectivity index (χ3v) is 4.36. The van der Waals surface area contributed by atoms with Gasteiger partial charge in [0.1, 0.15) is 0 Å². The monoisotopic (exact) mass is 420 g/mol. The molecular weight excluding hydrogens is 405 g/mol. The van der Waals surface area contributed by atoms with Crippen LogP contribution in [-0.2, 0) is 19.1 Å². The summed E-state index contributed by atoms with van der Waals surface area (Å²) in [6, 6.07) is 6.88. The van der Waals surface area contributed by atoms with Crippen molar-refractivity contribution in [3.8, 4) is 0 Å². The number of rotatable bonds is 5. The van der Waals surface area contributed by atoms with Crippen molar-refractivity contribution in [1.29, 1.82) is 0 Å². The molecule has 10 heteroatoms. The molecule has 2 aromatic rings. The van der Waals surface area contributed by atoms with E-state index in [1.807, 2.05) is 5.32 Å². The maximum absolute atomic E-state index is 13.6. The van der Waals surface area contributed by atoms with Crippen molar-refractivity contribution < 1.29 is 37.1 Å². The summed E-state index contributed by atoms with van der Waals surface area (Å²) in [5.41, 5.74) is -0.263. The first-order valence-corrected chi connectivity index (χ1v) is 8.80. The van der Waals surface area contributed by atoms with Gasteiger partial charge in [-0.3, -0.25) is 19.3 Å². The van der Waals surface area contributed by atoms with Gasteiger partial charge in [-0.05, 0) is 43.3 Å². The van der Waals surface area contributed by atoms with Crippen molar-refractivity contribution in [2.45, 2.75) is 25.9 Å². The van der Waals surface area contributed by atoms with E-state index in [2.05, 4.69) is 0 Å². The molecule has 2 aromatic carbocycles. The molecule has 1 fully saturated rings. The van der Waals surface area contributed by atoms with Gasteiger partial charge in [0.25, 0.3) is 5.91 Å². The average molecular weight is 420 g/mol. The Labute approximate surface area is 168 Å². The Bertz CT molecular complexity index is 1020. The highest BCUT2D eigenvalue weighted by molar-refractivity contribution is 6.19. The normalized spacial score (nSPS) is 14.6. The van der Waals surface area contributed by atoms with E-state index in [9.17, 15) is 32.3 Å². The Morgan fingerprint density at radius 2 is 1.57 bits per heavy atom. The molecule has 1 saturated heterocycles. The molecule has 1 heterocycles. The molecule has 7 nitrogen and oxygen atoms in total. The van der Waals surface area contributed by atoms with Crippen molar-refractivity contribution >= 4 is 35.1 Å². The average Bonchev–Trinajstić information content (AvgIpc) is 3.06. The van der Waals surface area contributed by atoms with E-state index >= 15 is 0 Å². The number of nitrogens with one attached hydrogen (secondary N) is 1. The topological polar surface area (TPSA) is 92.8 Å². The molecular formula is C20H15F3N2O5. The second-order valence-corrected chi connectivity index (χ2v) is 6.43. The summed E-state index contributed by atoms with van der Waals surface area (Å²) in [6.07, 6.45) is -1.15. The summed E-state index contributed by atoms with van der Waals surface area (Å²) in [6.45, 7) is 1.21. The van der Waals surface area contributed by atoms with Crippen LogP contribution in [0, 0.1) is 17.5 Å². The smallest absolute Gasteiger partial charge is 0.338 e. The number of hydrogen-bond donors (Lipinski definition) is 1. The maximum atomic E-state index is 13.6. The summed E-state index contributed by atoms with van der Waals surface area (Å²) in [4.78, 5) is 48.8. The van der Waals surface area contributed by atoms with Crippen LogP contribution < -0.4 is 10.2 Å². The minimum Gasteiger partial charge on any atom is -0.449 e. The fourth-order valence-electron chi connectivity index (χ4n) is 2.75. The van der Waals surface area contributed by atoms with Crippen molar-refractivity contribution in [2.24, 2.45) is 0 Å². The Morgan fingerprint density at radius 3 is 2.17 bits per heavy atom. The number of carbonyl (C=O) groups excluding carboxylic acids is 4. The molecule has 0 bridgehead atoms. The molecule has 1 N–H and O–H groups in total. The lowest BCUT2D eigenvalue weighted by Crippen LogP contribution is -2.30. The lowest BCUT2D eigenvalue weighted by atomic mass is 10.2. The van der Waals surface area contributed by atoms with Crippen LogP contribution in [-0.4, -0.2) is 29.8 Å². The Kier molecular flexibility index (Phi) is 5.86. The molecule has 0 spiro atoms. The molecule has 3 amide bonds. The zero-order valence-electron chi connectivity index (χ0n) is 15.6. The van der Waals surface area contributed by atoms with Gasteiger partial charge in [-0.2, -0.15) is 0 Å². The van der Waals surface area contributed by atoms with Crippen molar-refractivity contribution in [2.75, 3.05) is 10.2 Å². The highest BCUT2D eigenvalue weighted by Gasteiger charge is 2.30. The Morgan fingerprint density at radius 1 is 0.967 bits per heavy atom. The lowest BCUT2D eigenvalue weighted by molar-refractivity contribution is -0.124. The summed E-state index contributed by atoms with van der Waals surface area (Å²) in [5, 5.41) is 2.01. The van der Waals surface area contributed by atoms with Crippen LogP contribution in [0.25, 0.3) is 0 Å². The second-order valence-electron chi connectivity index (χ2n) is 6.43. The second kappa shape index (κ2) is 8.36. The van der Waals surface area contributed by atoms with E-state index in [4.69, 9.17) is 4.74 Å². The number of halogens is 3.